The van der Waals surface area contributed by atoms with E-state index in [-0.39, 0.29) is 0 Å². The van der Waals surface area contributed by atoms with E-state index in [1.807, 2.05) is 46.6 Å². The second-order valence-electron chi connectivity index (χ2n) is 5.02. The van der Waals surface area contributed by atoms with Gasteiger partial charge in [0.15, 0.2) is 10.9 Å². The van der Waals surface area contributed by atoms with Gasteiger partial charge in [-0.05, 0) is 19.1 Å². The van der Waals surface area contributed by atoms with E-state index in [2.05, 4.69) is 32.5 Å². The molecule has 0 fully saturated rings. The lowest BCUT2D eigenvalue weighted by Gasteiger charge is -2.10. The van der Waals surface area contributed by atoms with Gasteiger partial charge in [0.2, 0.25) is 0 Å². The zero-order valence-corrected chi connectivity index (χ0v) is 13.9. The van der Waals surface area contributed by atoms with Crippen LogP contribution in [0.15, 0.2) is 47.2 Å². The van der Waals surface area contributed by atoms with Gasteiger partial charge in [0, 0.05) is 49.2 Å². The zero-order chi connectivity index (χ0) is 15.9. The fourth-order valence-corrected chi connectivity index (χ4v) is 2.93. The molecule has 0 aliphatic carbocycles. The second kappa shape index (κ2) is 7.73. The summed E-state index contributed by atoms with van der Waals surface area (Å²) < 4.78 is 2.02. The quantitative estimate of drug-likeness (QED) is 0.537. The van der Waals surface area contributed by atoms with E-state index in [1.165, 1.54) is 0 Å². The fraction of sp³-hybridized carbons (Fsp3) is 0.312. The van der Waals surface area contributed by atoms with E-state index < -0.39 is 0 Å². The van der Waals surface area contributed by atoms with E-state index in [9.17, 15) is 0 Å². The van der Waals surface area contributed by atoms with Crippen molar-refractivity contribution < 1.29 is 0 Å². The number of thiazole rings is 1. The summed E-state index contributed by atoms with van der Waals surface area (Å²) in [5.74, 6) is 0.805. The Morgan fingerprint density at radius 2 is 2.26 bits per heavy atom. The molecule has 23 heavy (non-hydrogen) atoms. The van der Waals surface area contributed by atoms with Gasteiger partial charge in [0.25, 0.3) is 0 Å². The minimum Gasteiger partial charge on any atom is -0.357 e. The summed E-state index contributed by atoms with van der Waals surface area (Å²) in [6.07, 6.45) is 6.72. The predicted molar refractivity (Wildman–Crippen MR) is 93.8 cm³/mol. The minimum absolute atomic E-state index is 0.563. The molecule has 0 unspecified atom stereocenters. The van der Waals surface area contributed by atoms with Crippen molar-refractivity contribution in [1.29, 1.82) is 0 Å². The van der Waals surface area contributed by atoms with Crippen molar-refractivity contribution in [1.82, 2.24) is 25.0 Å². The van der Waals surface area contributed by atoms with Gasteiger partial charge >= 0.3 is 0 Å². The number of nitrogens with one attached hydrogen (secondary N) is 2. The zero-order valence-electron chi connectivity index (χ0n) is 13.1. The maximum atomic E-state index is 4.59. The number of nitrogens with zero attached hydrogens (tertiary/aromatic N) is 4. The van der Waals surface area contributed by atoms with Crippen LogP contribution in [0.4, 0.5) is 0 Å². The van der Waals surface area contributed by atoms with E-state index >= 15 is 0 Å². The lowest BCUT2D eigenvalue weighted by Crippen LogP contribution is -2.38. The minimum atomic E-state index is 0.563. The van der Waals surface area contributed by atoms with Crippen molar-refractivity contribution >= 4 is 22.3 Å². The molecule has 0 atom stereocenters. The van der Waals surface area contributed by atoms with E-state index in [4.69, 9.17) is 0 Å². The predicted octanol–water partition coefficient (Wildman–Crippen LogP) is 2.09. The molecule has 0 saturated heterocycles. The molecular weight excluding hydrogens is 308 g/mol. The SMILES string of the molecule is CCNC(=NCc1cn2ccsc2n1)NCCc1ccccn1. The highest BCUT2D eigenvalue weighted by molar-refractivity contribution is 7.15. The molecule has 0 bridgehead atoms. The van der Waals surface area contributed by atoms with Crippen molar-refractivity contribution in [3.8, 4) is 0 Å². The van der Waals surface area contributed by atoms with Crippen LogP contribution in [0.5, 0.6) is 0 Å². The molecule has 120 valence electrons. The van der Waals surface area contributed by atoms with Gasteiger partial charge in [-0.3, -0.25) is 9.38 Å². The molecule has 3 aromatic rings. The molecule has 0 aliphatic heterocycles. The highest BCUT2D eigenvalue weighted by atomic mass is 32.1. The summed E-state index contributed by atoms with van der Waals surface area (Å²) in [4.78, 5) is 14.5. The number of rotatable bonds is 6. The topological polar surface area (TPSA) is 66.6 Å². The maximum absolute atomic E-state index is 4.59. The Balaban J connectivity index is 1.55. The molecule has 3 aromatic heterocycles. The van der Waals surface area contributed by atoms with Gasteiger partial charge in [-0.2, -0.15) is 0 Å². The first-order valence-electron chi connectivity index (χ1n) is 7.68. The number of aliphatic imine (C=N–C) groups is 1. The lowest BCUT2D eigenvalue weighted by atomic mass is 10.3. The molecule has 2 N–H and O–H groups in total. The molecule has 0 spiro atoms. The van der Waals surface area contributed by atoms with E-state index in [0.717, 1.165) is 41.8 Å². The van der Waals surface area contributed by atoms with Crippen LogP contribution < -0.4 is 10.6 Å². The molecule has 3 rings (SSSR count). The van der Waals surface area contributed by atoms with Crippen LogP contribution in [0.25, 0.3) is 4.96 Å². The number of aromatic nitrogens is 3. The van der Waals surface area contributed by atoms with Gasteiger partial charge in [0.05, 0.1) is 12.2 Å². The fourth-order valence-electron chi connectivity index (χ4n) is 2.21. The normalized spacial score (nSPS) is 11.8. The molecular formula is C16H20N6S. The van der Waals surface area contributed by atoms with Gasteiger partial charge < -0.3 is 10.6 Å². The summed E-state index contributed by atoms with van der Waals surface area (Å²) >= 11 is 1.63. The standard InChI is InChI=1S/C16H20N6S/c1-2-17-15(19-8-6-13-5-3-4-7-18-13)20-11-14-12-22-9-10-23-16(22)21-14/h3-5,7,9-10,12H,2,6,8,11H2,1H3,(H2,17,19,20). The first-order chi connectivity index (χ1) is 11.3. The van der Waals surface area contributed by atoms with Crippen LogP contribution in [0.2, 0.25) is 0 Å². The smallest absolute Gasteiger partial charge is 0.193 e. The van der Waals surface area contributed by atoms with Crippen molar-refractivity contribution in [2.24, 2.45) is 4.99 Å². The van der Waals surface area contributed by atoms with Crippen LogP contribution in [0, 0.1) is 0 Å². The summed E-state index contributed by atoms with van der Waals surface area (Å²) in [5.41, 5.74) is 2.05. The second-order valence-corrected chi connectivity index (χ2v) is 5.89. The molecule has 0 radical (unpaired) electrons. The van der Waals surface area contributed by atoms with Crippen molar-refractivity contribution in [3.63, 3.8) is 0 Å². The monoisotopic (exact) mass is 328 g/mol. The Morgan fingerprint density at radius 3 is 3.04 bits per heavy atom. The number of fused-ring (bicyclic) bond motifs is 1. The van der Waals surface area contributed by atoms with Crippen LogP contribution in [0.3, 0.4) is 0 Å². The van der Waals surface area contributed by atoms with E-state index in [1.54, 1.807) is 11.3 Å². The van der Waals surface area contributed by atoms with Crippen molar-refractivity contribution in [3.05, 3.63) is 53.6 Å². The van der Waals surface area contributed by atoms with Gasteiger partial charge in [-0.25, -0.2) is 9.98 Å². The molecule has 3 heterocycles. The third-order valence-corrected chi connectivity index (χ3v) is 4.06. The van der Waals surface area contributed by atoms with Crippen LogP contribution in [0.1, 0.15) is 18.3 Å². The maximum Gasteiger partial charge on any atom is 0.193 e. The molecule has 0 aromatic carbocycles. The van der Waals surface area contributed by atoms with E-state index in [0.29, 0.717) is 6.54 Å². The third kappa shape index (κ3) is 4.29. The Morgan fingerprint density at radius 1 is 1.30 bits per heavy atom. The number of hydrogen-bond acceptors (Lipinski definition) is 4. The Kier molecular flexibility index (Phi) is 5.21. The van der Waals surface area contributed by atoms with Crippen LogP contribution in [-0.2, 0) is 13.0 Å². The van der Waals surface area contributed by atoms with Gasteiger partial charge in [0.1, 0.15) is 0 Å². The summed E-state index contributed by atoms with van der Waals surface area (Å²) in [6, 6.07) is 5.97. The highest BCUT2D eigenvalue weighted by Crippen LogP contribution is 2.11. The lowest BCUT2D eigenvalue weighted by molar-refractivity contribution is 0.786. The Hall–Kier alpha value is -2.41. The molecule has 0 saturated carbocycles. The highest BCUT2D eigenvalue weighted by Gasteiger charge is 2.03. The first kappa shape index (κ1) is 15.5. The molecule has 0 amide bonds. The third-order valence-electron chi connectivity index (χ3n) is 3.29. The van der Waals surface area contributed by atoms with Gasteiger partial charge in [-0.1, -0.05) is 6.07 Å². The number of hydrogen-bond donors (Lipinski definition) is 2. The molecule has 7 heteroatoms. The van der Waals surface area contributed by atoms with Crippen molar-refractivity contribution in [2.75, 3.05) is 13.1 Å². The number of guanidine groups is 1. The average Bonchev–Trinajstić information content (AvgIpc) is 3.15. The molecule has 6 nitrogen and oxygen atoms in total. The summed E-state index contributed by atoms with van der Waals surface area (Å²) in [5, 5.41) is 8.61. The first-order valence-corrected chi connectivity index (χ1v) is 8.56. The number of imidazole rings is 1. The summed E-state index contributed by atoms with van der Waals surface area (Å²) in [6.45, 7) is 4.24. The van der Waals surface area contributed by atoms with Gasteiger partial charge in [-0.15, -0.1) is 11.3 Å². The number of pyridine rings is 1. The summed E-state index contributed by atoms with van der Waals surface area (Å²) in [7, 11) is 0. The average molecular weight is 328 g/mol. The Labute approximate surface area is 139 Å². The molecule has 0 aliphatic rings. The van der Waals surface area contributed by atoms with Crippen LogP contribution in [-0.4, -0.2) is 33.4 Å². The Bertz CT molecular complexity index is 733. The van der Waals surface area contributed by atoms with Crippen molar-refractivity contribution in [2.45, 2.75) is 19.9 Å². The largest absolute Gasteiger partial charge is 0.357 e. The van der Waals surface area contributed by atoms with Crippen LogP contribution >= 0.6 is 11.3 Å².